The Morgan fingerprint density at radius 1 is 1.33 bits per heavy atom. The molecule has 1 aliphatic heterocycles. The molecule has 1 heterocycles. The van der Waals surface area contributed by atoms with Crippen molar-refractivity contribution >= 4 is 0 Å². The number of nitrogens with one attached hydrogen (secondary N) is 1. The minimum Gasteiger partial charge on any atom is -0.490 e. The first-order valence-corrected chi connectivity index (χ1v) is 8.05. The van der Waals surface area contributed by atoms with Gasteiger partial charge < -0.3 is 10.1 Å². The number of hydrogen-bond acceptors (Lipinski definition) is 2. The zero-order chi connectivity index (χ0) is 15.1. The first kappa shape index (κ1) is 14.8. The van der Waals surface area contributed by atoms with Gasteiger partial charge in [0.1, 0.15) is 17.7 Å². The maximum atomic E-state index is 13.3. The van der Waals surface area contributed by atoms with E-state index in [4.69, 9.17) is 4.74 Å². The third-order valence-corrected chi connectivity index (χ3v) is 4.83. The Balaban J connectivity index is 1.61. The third kappa shape index (κ3) is 3.39. The van der Waals surface area contributed by atoms with Crippen LogP contribution in [0.2, 0.25) is 0 Å². The molecule has 1 aliphatic carbocycles. The van der Waals surface area contributed by atoms with Crippen molar-refractivity contribution in [3.05, 3.63) is 29.6 Å². The van der Waals surface area contributed by atoms with E-state index in [9.17, 15) is 4.39 Å². The maximum Gasteiger partial charge on any atom is 0.123 e. The van der Waals surface area contributed by atoms with Crippen LogP contribution >= 0.6 is 0 Å². The minimum atomic E-state index is -0.161. The van der Waals surface area contributed by atoms with Gasteiger partial charge in [-0.1, -0.05) is 6.42 Å². The standard InChI is InChI=1S/C18H26FNO/c1-17(2,3)20-12-18(7-4-8-18)11-15-10-13-9-14(19)5-6-16(13)21-15/h5-6,9,15,20H,4,7-8,10-12H2,1-3H3. The van der Waals surface area contributed by atoms with Gasteiger partial charge in [0.15, 0.2) is 0 Å². The van der Waals surface area contributed by atoms with Gasteiger partial charge in [0.2, 0.25) is 0 Å². The summed E-state index contributed by atoms with van der Waals surface area (Å²) in [6, 6.07) is 4.88. The molecule has 1 aromatic carbocycles. The van der Waals surface area contributed by atoms with E-state index < -0.39 is 0 Å². The highest BCUT2D eigenvalue weighted by Crippen LogP contribution is 2.46. The molecule has 3 heteroatoms. The lowest BCUT2D eigenvalue weighted by Gasteiger charge is -2.45. The second-order valence-electron chi connectivity index (χ2n) is 7.86. The van der Waals surface area contributed by atoms with Crippen molar-refractivity contribution in [2.75, 3.05) is 6.54 Å². The molecule has 1 aromatic rings. The third-order valence-electron chi connectivity index (χ3n) is 4.83. The van der Waals surface area contributed by atoms with E-state index in [1.807, 2.05) is 0 Å². The molecule has 0 saturated heterocycles. The van der Waals surface area contributed by atoms with Gasteiger partial charge in [0, 0.05) is 24.1 Å². The van der Waals surface area contributed by atoms with Crippen LogP contribution in [0.5, 0.6) is 5.75 Å². The van der Waals surface area contributed by atoms with Crippen LogP contribution in [0, 0.1) is 11.2 Å². The van der Waals surface area contributed by atoms with E-state index in [0.717, 1.165) is 30.7 Å². The van der Waals surface area contributed by atoms with Crippen molar-refractivity contribution in [3.8, 4) is 5.75 Å². The minimum absolute atomic E-state index is 0.158. The highest BCUT2D eigenvalue weighted by atomic mass is 19.1. The first-order valence-electron chi connectivity index (χ1n) is 8.05. The van der Waals surface area contributed by atoms with E-state index in [-0.39, 0.29) is 17.5 Å². The van der Waals surface area contributed by atoms with Crippen molar-refractivity contribution in [2.45, 2.75) is 64.5 Å². The number of fused-ring (bicyclic) bond motifs is 1. The fourth-order valence-corrected chi connectivity index (χ4v) is 3.47. The average Bonchev–Trinajstić information content (AvgIpc) is 2.72. The predicted molar refractivity (Wildman–Crippen MR) is 83.2 cm³/mol. The van der Waals surface area contributed by atoms with Crippen molar-refractivity contribution in [3.63, 3.8) is 0 Å². The van der Waals surface area contributed by atoms with Gasteiger partial charge in [-0.2, -0.15) is 0 Å². The van der Waals surface area contributed by atoms with Gasteiger partial charge in [-0.25, -0.2) is 4.39 Å². The molecule has 0 spiro atoms. The lowest BCUT2D eigenvalue weighted by molar-refractivity contribution is 0.0547. The predicted octanol–water partition coefficient (Wildman–Crippen LogP) is 4.08. The summed E-state index contributed by atoms with van der Waals surface area (Å²) in [6.45, 7) is 7.69. The molecule has 3 rings (SSSR count). The molecular formula is C18H26FNO. The molecule has 2 aliphatic rings. The van der Waals surface area contributed by atoms with E-state index in [1.165, 1.54) is 25.3 Å². The normalized spacial score (nSPS) is 23.3. The van der Waals surface area contributed by atoms with Crippen LogP contribution in [-0.2, 0) is 6.42 Å². The zero-order valence-electron chi connectivity index (χ0n) is 13.3. The SMILES string of the molecule is CC(C)(C)NCC1(CC2Cc3cc(F)ccc3O2)CCC1. The molecule has 1 atom stereocenters. The van der Waals surface area contributed by atoms with Crippen LogP contribution in [-0.4, -0.2) is 18.2 Å². The summed E-state index contributed by atoms with van der Waals surface area (Å²) in [5.74, 6) is 0.713. The Kier molecular flexibility index (Phi) is 3.73. The summed E-state index contributed by atoms with van der Waals surface area (Å²) < 4.78 is 19.3. The molecular weight excluding hydrogens is 265 g/mol. The second-order valence-corrected chi connectivity index (χ2v) is 7.86. The Morgan fingerprint density at radius 3 is 2.71 bits per heavy atom. The van der Waals surface area contributed by atoms with Crippen molar-refractivity contribution in [2.24, 2.45) is 5.41 Å². The average molecular weight is 291 g/mol. The largest absolute Gasteiger partial charge is 0.490 e. The molecule has 1 N–H and O–H groups in total. The van der Waals surface area contributed by atoms with Crippen molar-refractivity contribution < 1.29 is 9.13 Å². The van der Waals surface area contributed by atoms with Crippen LogP contribution in [0.15, 0.2) is 18.2 Å². The van der Waals surface area contributed by atoms with E-state index in [2.05, 4.69) is 26.1 Å². The van der Waals surface area contributed by atoms with Gasteiger partial charge in [-0.15, -0.1) is 0 Å². The molecule has 1 saturated carbocycles. The Labute approximate surface area is 127 Å². The second kappa shape index (κ2) is 5.28. The van der Waals surface area contributed by atoms with Gasteiger partial charge in [-0.05, 0) is 63.6 Å². The fourth-order valence-electron chi connectivity index (χ4n) is 3.47. The summed E-state index contributed by atoms with van der Waals surface area (Å²) in [5.41, 5.74) is 1.56. The van der Waals surface area contributed by atoms with Gasteiger partial charge >= 0.3 is 0 Å². The fraction of sp³-hybridized carbons (Fsp3) is 0.667. The molecule has 0 bridgehead atoms. The lowest BCUT2D eigenvalue weighted by Crippen LogP contribution is -2.48. The van der Waals surface area contributed by atoms with Crippen LogP contribution in [0.3, 0.4) is 0 Å². The number of ether oxygens (including phenoxy) is 1. The zero-order valence-corrected chi connectivity index (χ0v) is 13.3. The quantitative estimate of drug-likeness (QED) is 0.902. The highest BCUT2D eigenvalue weighted by molar-refractivity contribution is 5.38. The van der Waals surface area contributed by atoms with Crippen LogP contribution < -0.4 is 10.1 Å². The summed E-state index contributed by atoms with van der Waals surface area (Å²) in [6.07, 6.45) is 6.02. The summed E-state index contributed by atoms with van der Waals surface area (Å²) in [4.78, 5) is 0. The van der Waals surface area contributed by atoms with Crippen molar-refractivity contribution in [1.82, 2.24) is 5.32 Å². The molecule has 0 amide bonds. The number of halogens is 1. The number of hydrogen-bond donors (Lipinski definition) is 1. The summed E-state index contributed by atoms with van der Waals surface area (Å²) >= 11 is 0. The van der Waals surface area contributed by atoms with Gasteiger partial charge in [0.25, 0.3) is 0 Å². The monoisotopic (exact) mass is 291 g/mol. The summed E-state index contributed by atoms with van der Waals surface area (Å²) in [7, 11) is 0. The Bertz CT molecular complexity index is 516. The molecule has 1 unspecified atom stereocenters. The van der Waals surface area contributed by atoms with Crippen molar-refractivity contribution in [1.29, 1.82) is 0 Å². The van der Waals surface area contributed by atoms with Crippen LogP contribution in [0.4, 0.5) is 4.39 Å². The van der Waals surface area contributed by atoms with E-state index >= 15 is 0 Å². The molecule has 2 nitrogen and oxygen atoms in total. The number of benzene rings is 1. The molecule has 21 heavy (non-hydrogen) atoms. The molecule has 1 fully saturated rings. The molecule has 116 valence electrons. The van der Waals surface area contributed by atoms with Gasteiger partial charge in [-0.3, -0.25) is 0 Å². The van der Waals surface area contributed by atoms with Gasteiger partial charge in [0.05, 0.1) is 0 Å². The van der Waals surface area contributed by atoms with E-state index in [0.29, 0.717) is 5.41 Å². The van der Waals surface area contributed by atoms with Crippen LogP contribution in [0.25, 0.3) is 0 Å². The van der Waals surface area contributed by atoms with E-state index in [1.54, 1.807) is 12.1 Å². The highest BCUT2D eigenvalue weighted by Gasteiger charge is 2.41. The lowest BCUT2D eigenvalue weighted by atomic mass is 9.65. The summed E-state index contributed by atoms with van der Waals surface area (Å²) in [5, 5.41) is 3.65. The maximum absolute atomic E-state index is 13.3. The Morgan fingerprint density at radius 2 is 2.10 bits per heavy atom. The molecule has 0 radical (unpaired) electrons. The topological polar surface area (TPSA) is 21.3 Å². The number of rotatable bonds is 4. The Hall–Kier alpha value is -1.09. The first-order chi connectivity index (χ1) is 9.85. The van der Waals surface area contributed by atoms with Crippen LogP contribution in [0.1, 0.15) is 52.0 Å². The smallest absolute Gasteiger partial charge is 0.123 e. The molecule has 0 aromatic heterocycles.